The molecule has 142 valence electrons. The highest BCUT2D eigenvalue weighted by atomic mass is 19.1. The first-order valence-corrected chi connectivity index (χ1v) is 8.92. The summed E-state index contributed by atoms with van der Waals surface area (Å²) in [5.74, 6) is -1.75. The molecule has 5 nitrogen and oxygen atoms in total. The van der Waals surface area contributed by atoms with Gasteiger partial charge in [0.25, 0.3) is 5.91 Å². The number of carbonyl (C=O) groups excluding carboxylic acids is 2. The molecule has 1 aliphatic rings. The number of aryl methyl sites for hydroxylation is 1. The molecule has 0 heterocycles. The molecule has 0 bridgehead atoms. The highest BCUT2D eigenvalue weighted by molar-refractivity contribution is 5.92. The number of methoxy groups -OCH3 is 1. The van der Waals surface area contributed by atoms with Crippen LogP contribution in [0.5, 0.6) is 5.75 Å². The quantitative estimate of drug-likeness (QED) is 0.816. The molecule has 1 amide bonds. The number of amides is 1. The van der Waals surface area contributed by atoms with E-state index >= 15 is 0 Å². The van der Waals surface area contributed by atoms with E-state index in [1.54, 1.807) is 0 Å². The first-order chi connectivity index (χ1) is 13.0. The minimum Gasteiger partial charge on any atom is -0.497 e. The zero-order valence-corrected chi connectivity index (χ0v) is 15.3. The average Bonchev–Trinajstić information content (AvgIpc) is 2.67. The second-order valence-electron chi connectivity index (χ2n) is 6.55. The summed E-state index contributed by atoms with van der Waals surface area (Å²) in [5, 5.41) is 2.93. The smallest absolute Gasteiger partial charge is 0.341 e. The summed E-state index contributed by atoms with van der Waals surface area (Å²) in [7, 11) is 1.41. The Labute approximate surface area is 157 Å². The van der Waals surface area contributed by atoms with Crippen LogP contribution in [0, 0.1) is 5.82 Å². The second-order valence-corrected chi connectivity index (χ2v) is 6.55. The molecule has 0 radical (unpaired) electrons. The van der Waals surface area contributed by atoms with Crippen LogP contribution in [0.2, 0.25) is 0 Å². The summed E-state index contributed by atoms with van der Waals surface area (Å²) in [6.07, 6.45) is 1.76. The van der Waals surface area contributed by atoms with Gasteiger partial charge in [-0.05, 0) is 49.4 Å². The van der Waals surface area contributed by atoms with Crippen LogP contribution in [0.3, 0.4) is 0 Å². The van der Waals surface area contributed by atoms with Gasteiger partial charge in [0.2, 0.25) is 0 Å². The van der Waals surface area contributed by atoms with Crippen molar-refractivity contribution in [1.29, 1.82) is 0 Å². The van der Waals surface area contributed by atoms with E-state index < -0.39 is 23.8 Å². The average molecular weight is 371 g/mol. The largest absolute Gasteiger partial charge is 0.497 e. The summed E-state index contributed by atoms with van der Waals surface area (Å²) >= 11 is 0. The Kier molecular flexibility index (Phi) is 5.74. The normalized spacial score (nSPS) is 16.8. The van der Waals surface area contributed by atoms with E-state index in [2.05, 4.69) is 11.4 Å². The first kappa shape index (κ1) is 18.9. The molecule has 1 N–H and O–H groups in total. The lowest BCUT2D eigenvalue weighted by atomic mass is 9.87. The molecule has 0 unspecified atom stereocenters. The van der Waals surface area contributed by atoms with Gasteiger partial charge in [0, 0.05) is 6.07 Å². The highest BCUT2D eigenvalue weighted by Gasteiger charge is 2.26. The molecular weight excluding hydrogens is 349 g/mol. The second kappa shape index (κ2) is 8.20. The zero-order valence-electron chi connectivity index (χ0n) is 15.3. The number of benzene rings is 2. The third-order valence-corrected chi connectivity index (χ3v) is 4.74. The van der Waals surface area contributed by atoms with Crippen molar-refractivity contribution in [2.75, 3.05) is 7.11 Å². The summed E-state index contributed by atoms with van der Waals surface area (Å²) in [6.45, 7) is 1.48. The van der Waals surface area contributed by atoms with E-state index in [-0.39, 0.29) is 11.6 Å². The van der Waals surface area contributed by atoms with Crippen LogP contribution >= 0.6 is 0 Å². The molecule has 1 aliphatic carbocycles. The zero-order chi connectivity index (χ0) is 19.4. The lowest BCUT2D eigenvalue weighted by Crippen LogP contribution is -2.39. The highest BCUT2D eigenvalue weighted by Crippen LogP contribution is 2.29. The number of halogens is 1. The molecule has 0 saturated carbocycles. The van der Waals surface area contributed by atoms with Crippen LogP contribution < -0.4 is 10.1 Å². The number of hydrogen-bond donors (Lipinski definition) is 1. The van der Waals surface area contributed by atoms with Crippen LogP contribution in [0.1, 0.15) is 47.3 Å². The van der Waals surface area contributed by atoms with Crippen molar-refractivity contribution in [2.45, 2.75) is 38.3 Å². The van der Waals surface area contributed by atoms with Gasteiger partial charge in [0.15, 0.2) is 6.10 Å². The molecule has 6 heteroatoms. The standard InChI is InChI=1S/C21H22FNO4/c1-13(27-21(25)17-11-10-15(26-2)12-18(17)22)20(24)23-19-9-5-7-14-6-3-4-8-16(14)19/h3-4,6,8,10-13,19H,5,7,9H2,1-2H3,(H,23,24)/t13-,19+/m1/s1. The molecule has 2 aromatic carbocycles. The Bertz CT molecular complexity index is 852. The van der Waals surface area contributed by atoms with Gasteiger partial charge in [-0.2, -0.15) is 0 Å². The molecule has 3 rings (SSSR count). The maximum Gasteiger partial charge on any atom is 0.341 e. The number of esters is 1. The van der Waals surface area contributed by atoms with Crippen LogP contribution in [0.15, 0.2) is 42.5 Å². The minimum absolute atomic E-state index is 0.110. The molecule has 2 aromatic rings. The van der Waals surface area contributed by atoms with Crippen LogP contribution in [0.4, 0.5) is 4.39 Å². The van der Waals surface area contributed by atoms with Gasteiger partial charge in [-0.25, -0.2) is 9.18 Å². The number of rotatable bonds is 5. The molecular formula is C21H22FNO4. The lowest BCUT2D eigenvalue weighted by Gasteiger charge is -2.27. The minimum atomic E-state index is -1.03. The van der Waals surface area contributed by atoms with Crippen molar-refractivity contribution in [1.82, 2.24) is 5.32 Å². The fourth-order valence-electron chi connectivity index (χ4n) is 3.26. The Hall–Kier alpha value is -2.89. The Balaban J connectivity index is 1.64. The van der Waals surface area contributed by atoms with Crippen LogP contribution in [-0.2, 0) is 16.0 Å². The van der Waals surface area contributed by atoms with Gasteiger partial charge in [0.05, 0.1) is 18.7 Å². The maximum atomic E-state index is 14.0. The number of hydrogen-bond acceptors (Lipinski definition) is 4. The van der Waals surface area contributed by atoms with Crippen molar-refractivity contribution in [3.05, 3.63) is 65.0 Å². The topological polar surface area (TPSA) is 64.6 Å². The fourth-order valence-corrected chi connectivity index (χ4v) is 3.26. The number of fused-ring (bicyclic) bond motifs is 1. The van der Waals surface area contributed by atoms with E-state index in [0.717, 1.165) is 30.9 Å². The number of ether oxygens (including phenoxy) is 2. The van der Waals surface area contributed by atoms with Gasteiger partial charge in [-0.15, -0.1) is 0 Å². The van der Waals surface area contributed by atoms with Crippen molar-refractivity contribution < 1.29 is 23.5 Å². The van der Waals surface area contributed by atoms with Crippen molar-refractivity contribution >= 4 is 11.9 Å². The molecule has 0 aromatic heterocycles. The monoisotopic (exact) mass is 371 g/mol. The lowest BCUT2D eigenvalue weighted by molar-refractivity contribution is -0.130. The van der Waals surface area contributed by atoms with Crippen molar-refractivity contribution in [3.8, 4) is 5.75 Å². The number of nitrogens with one attached hydrogen (secondary N) is 1. The first-order valence-electron chi connectivity index (χ1n) is 8.92. The molecule has 0 saturated heterocycles. The van der Waals surface area contributed by atoms with Gasteiger partial charge in [-0.3, -0.25) is 4.79 Å². The van der Waals surface area contributed by atoms with Crippen molar-refractivity contribution in [3.63, 3.8) is 0 Å². The molecule has 0 fully saturated rings. The predicted octanol–water partition coefficient (Wildman–Crippen LogP) is 3.57. The van der Waals surface area contributed by atoms with Gasteiger partial charge in [-0.1, -0.05) is 24.3 Å². The molecule has 0 spiro atoms. The van der Waals surface area contributed by atoms with E-state index in [0.29, 0.717) is 5.75 Å². The Morgan fingerprint density at radius 1 is 1.22 bits per heavy atom. The van der Waals surface area contributed by atoms with E-state index in [1.165, 1.54) is 31.7 Å². The third-order valence-electron chi connectivity index (χ3n) is 4.74. The van der Waals surface area contributed by atoms with E-state index in [1.807, 2.05) is 18.2 Å². The van der Waals surface area contributed by atoms with Crippen LogP contribution in [-0.4, -0.2) is 25.1 Å². The molecule has 27 heavy (non-hydrogen) atoms. The molecule has 0 aliphatic heterocycles. The van der Waals surface area contributed by atoms with Crippen LogP contribution in [0.25, 0.3) is 0 Å². The van der Waals surface area contributed by atoms with E-state index in [9.17, 15) is 14.0 Å². The van der Waals surface area contributed by atoms with Gasteiger partial charge >= 0.3 is 5.97 Å². The summed E-state index contributed by atoms with van der Waals surface area (Å²) in [5.41, 5.74) is 2.08. The summed E-state index contributed by atoms with van der Waals surface area (Å²) < 4.78 is 24.1. The van der Waals surface area contributed by atoms with Crippen molar-refractivity contribution in [2.24, 2.45) is 0 Å². The molecule has 2 atom stereocenters. The Morgan fingerprint density at radius 3 is 2.74 bits per heavy atom. The SMILES string of the molecule is COc1ccc(C(=O)O[C@H](C)C(=O)N[C@H]2CCCc3ccccc32)c(F)c1. The number of carbonyl (C=O) groups is 2. The third kappa shape index (κ3) is 4.27. The summed E-state index contributed by atoms with van der Waals surface area (Å²) in [6, 6.07) is 11.7. The van der Waals surface area contributed by atoms with E-state index in [4.69, 9.17) is 9.47 Å². The Morgan fingerprint density at radius 2 is 2.00 bits per heavy atom. The summed E-state index contributed by atoms with van der Waals surface area (Å²) in [4.78, 5) is 24.7. The maximum absolute atomic E-state index is 14.0. The fraction of sp³-hybridized carbons (Fsp3) is 0.333. The van der Waals surface area contributed by atoms with Gasteiger partial charge in [0.1, 0.15) is 11.6 Å². The van der Waals surface area contributed by atoms with Gasteiger partial charge < -0.3 is 14.8 Å². The predicted molar refractivity (Wildman–Crippen MR) is 98.1 cm³/mol.